The molecule has 0 spiro atoms. The lowest BCUT2D eigenvalue weighted by Gasteiger charge is -2.22. The molecule has 1 heterocycles. The van der Waals surface area contributed by atoms with Crippen molar-refractivity contribution in [2.24, 2.45) is 0 Å². The molecule has 0 saturated carbocycles. The molecule has 37 heavy (non-hydrogen) atoms. The van der Waals surface area contributed by atoms with E-state index in [-0.39, 0.29) is 18.4 Å². The van der Waals surface area contributed by atoms with Crippen molar-refractivity contribution in [2.45, 2.75) is 25.6 Å². The fourth-order valence-electron chi connectivity index (χ4n) is 3.94. The van der Waals surface area contributed by atoms with Gasteiger partial charge in [-0.2, -0.15) is 0 Å². The summed E-state index contributed by atoms with van der Waals surface area (Å²) in [6, 6.07) is 20.7. The van der Waals surface area contributed by atoms with Gasteiger partial charge in [0.15, 0.2) is 6.29 Å². The van der Waals surface area contributed by atoms with E-state index in [1.54, 1.807) is 37.5 Å². The smallest absolute Gasteiger partial charge is 0.274 e. The molecule has 8 heteroatoms. The topological polar surface area (TPSA) is 95.1 Å². The van der Waals surface area contributed by atoms with Crippen molar-refractivity contribution in [3.05, 3.63) is 83.4 Å². The Morgan fingerprint density at radius 3 is 2.62 bits per heavy atom. The summed E-state index contributed by atoms with van der Waals surface area (Å²) >= 11 is 0. The third-order valence-corrected chi connectivity index (χ3v) is 5.95. The van der Waals surface area contributed by atoms with Crippen LogP contribution < -0.4 is 15.5 Å². The third kappa shape index (κ3) is 7.63. The van der Waals surface area contributed by atoms with E-state index in [9.17, 15) is 9.59 Å². The number of rotatable bonds is 11. The van der Waals surface area contributed by atoms with Gasteiger partial charge in [-0.3, -0.25) is 9.59 Å². The van der Waals surface area contributed by atoms with E-state index in [0.717, 1.165) is 35.6 Å². The van der Waals surface area contributed by atoms with Crippen LogP contribution in [0.15, 0.2) is 72.3 Å². The summed E-state index contributed by atoms with van der Waals surface area (Å²) < 4.78 is 16.6. The van der Waals surface area contributed by atoms with Gasteiger partial charge in [-0.05, 0) is 48.1 Å². The molecular formula is C29H32N2O6. The van der Waals surface area contributed by atoms with Gasteiger partial charge in [0, 0.05) is 37.6 Å². The quantitative estimate of drug-likeness (QED) is 0.230. The maximum atomic E-state index is 12.9. The maximum absolute atomic E-state index is 12.9. The highest BCUT2D eigenvalue weighted by molar-refractivity contribution is 5.98. The van der Waals surface area contributed by atoms with E-state index in [1.165, 1.54) is 0 Å². The van der Waals surface area contributed by atoms with E-state index in [0.29, 0.717) is 36.6 Å². The zero-order chi connectivity index (χ0) is 25.9. The fraction of sp³-hybridized carbons (Fsp3) is 0.310. The standard InChI is InChI=1S/C29H32N2O6/c1-34-18-16-30-28(32)24(20-36-26-10-6-8-22-7-2-3-9-25(22)26)19-21-12-14-23(15-13-21)29(33)31-37-27-11-4-5-17-35-27/h2-3,6-10,12-15,19,27H,4-5,11,16-18,20H2,1H3,(H,30,32)(H,31,33). The highest BCUT2D eigenvalue weighted by Crippen LogP contribution is 2.25. The van der Waals surface area contributed by atoms with Gasteiger partial charge in [-0.1, -0.05) is 48.5 Å². The molecule has 0 radical (unpaired) electrons. The second-order valence-electron chi connectivity index (χ2n) is 8.65. The van der Waals surface area contributed by atoms with Gasteiger partial charge in [-0.25, -0.2) is 10.3 Å². The molecule has 2 amide bonds. The molecule has 194 valence electrons. The van der Waals surface area contributed by atoms with Crippen LogP contribution in [0.3, 0.4) is 0 Å². The van der Waals surface area contributed by atoms with Crippen LogP contribution >= 0.6 is 0 Å². The molecule has 0 bridgehead atoms. The summed E-state index contributed by atoms with van der Waals surface area (Å²) in [7, 11) is 1.58. The van der Waals surface area contributed by atoms with Crippen LogP contribution in [0.25, 0.3) is 16.8 Å². The minimum atomic E-state index is -0.416. The normalized spacial score (nSPS) is 15.8. The Kier molecular flexibility index (Phi) is 9.65. The van der Waals surface area contributed by atoms with Gasteiger partial charge in [0.2, 0.25) is 0 Å². The molecule has 3 aromatic carbocycles. The van der Waals surface area contributed by atoms with E-state index >= 15 is 0 Å². The van der Waals surface area contributed by atoms with Crippen LogP contribution in [-0.4, -0.2) is 51.6 Å². The van der Waals surface area contributed by atoms with Crippen molar-refractivity contribution in [1.29, 1.82) is 0 Å². The van der Waals surface area contributed by atoms with E-state index in [4.69, 9.17) is 19.0 Å². The van der Waals surface area contributed by atoms with Gasteiger partial charge >= 0.3 is 0 Å². The Labute approximate surface area is 216 Å². The minimum Gasteiger partial charge on any atom is -0.488 e. The summed E-state index contributed by atoms with van der Waals surface area (Å²) in [5, 5.41) is 4.88. The number of nitrogens with one attached hydrogen (secondary N) is 2. The maximum Gasteiger partial charge on any atom is 0.274 e. The van der Waals surface area contributed by atoms with Crippen LogP contribution in [0, 0.1) is 0 Å². The molecule has 3 aromatic rings. The Hall–Kier alpha value is -3.72. The molecule has 1 fully saturated rings. The van der Waals surface area contributed by atoms with Crippen LogP contribution in [0.4, 0.5) is 0 Å². The van der Waals surface area contributed by atoms with Crippen molar-refractivity contribution in [1.82, 2.24) is 10.8 Å². The Morgan fingerprint density at radius 1 is 1.03 bits per heavy atom. The van der Waals surface area contributed by atoms with Crippen molar-refractivity contribution in [2.75, 3.05) is 33.5 Å². The summed E-state index contributed by atoms with van der Waals surface area (Å²) in [6.45, 7) is 1.49. The highest BCUT2D eigenvalue weighted by Gasteiger charge is 2.16. The number of methoxy groups -OCH3 is 1. The van der Waals surface area contributed by atoms with Crippen molar-refractivity contribution < 1.29 is 28.6 Å². The first kappa shape index (κ1) is 26.3. The monoisotopic (exact) mass is 504 g/mol. The van der Waals surface area contributed by atoms with Crippen molar-refractivity contribution >= 4 is 28.7 Å². The summed E-state index contributed by atoms with van der Waals surface area (Å²) in [6.07, 6.45) is 4.09. The van der Waals surface area contributed by atoms with Crippen LogP contribution in [0.1, 0.15) is 35.2 Å². The molecule has 1 atom stereocenters. The van der Waals surface area contributed by atoms with Crippen LogP contribution in [-0.2, 0) is 19.1 Å². The number of hydroxylamine groups is 1. The van der Waals surface area contributed by atoms with E-state index in [1.807, 2.05) is 42.5 Å². The molecule has 8 nitrogen and oxygen atoms in total. The lowest BCUT2D eigenvalue weighted by atomic mass is 10.1. The molecular weight excluding hydrogens is 472 g/mol. The van der Waals surface area contributed by atoms with Gasteiger partial charge in [-0.15, -0.1) is 0 Å². The zero-order valence-electron chi connectivity index (χ0n) is 20.9. The fourth-order valence-corrected chi connectivity index (χ4v) is 3.94. The number of carbonyl (C=O) groups excluding carboxylic acids is 2. The number of hydrogen-bond donors (Lipinski definition) is 2. The lowest BCUT2D eigenvalue weighted by molar-refractivity contribution is -0.186. The van der Waals surface area contributed by atoms with Gasteiger partial charge in [0.25, 0.3) is 11.8 Å². The lowest BCUT2D eigenvalue weighted by Crippen LogP contribution is -2.33. The average molecular weight is 505 g/mol. The summed E-state index contributed by atoms with van der Waals surface area (Å²) in [5.41, 5.74) is 4.09. The third-order valence-electron chi connectivity index (χ3n) is 5.95. The molecule has 1 aliphatic heterocycles. The average Bonchev–Trinajstić information content (AvgIpc) is 2.95. The van der Waals surface area contributed by atoms with Crippen LogP contribution in [0.5, 0.6) is 5.75 Å². The SMILES string of the molecule is COCCNC(=O)C(=Cc1ccc(C(=O)NOC2CCCCO2)cc1)COc1cccc2ccccc12. The van der Waals surface area contributed by atoms with Crippen molar-refractivity contribution in [3.63, 3.8) is 0 Å². The van der Waals surface area contributed by atoms with Gasteiger partial charge < -0.3 is 19.5 Å². The Balaban J connectivity index is 1.44. The zero-order valence-corrected chi connectivity index (χ0v) is 20.9. The number of amides is 2. The number of ether oxygens (including phenoxy) is 3. The van der Waals surface area contributed by atoms with Gasteiger partial charge in [0.05, 0.1) is 12.2 Å². The van der Waals surface area contributed by atoms with Gasteiger partial charge in [0.1, 0.15) is 12.4 Å². The predicted molar refractivity (Wildman–Crippen MR) is 141 cm³/mol. The van der Waals surface area contributed by atoms with E-state index < -0.39 is 6.29 Å². The summed E-state index contributed by atoms with van der Waals surface area (Å²) in [4.78, 5) is 30.7. The number of benzene rings is 3. The molecule has 4 rings (SSSR count). The van der Waals surface area contributed by atoms with Crippen molar-refractivity contribution in [3.8, 4) is 5.75 Å². The second-order valence-corrected chi connectivity index (χ2v) is 8.65. The summed E-state index contributed by atoms with van der Waals surface area (Å²) in [5.74, 6) is 0.0872. The predicted octanol–water partition coefficient (Wildman–Crippen LogP) is 4.25. The van der Waals surface area contributed by atoms with E-state index in [2.05, 4.69) is 10.8 Å². The first-order chi connectivity index (χ1) is 18.1. The Morgan fingerprint density at radius 2 is 1.84 bits per heavy atom. The first-order valence-electron chi connectivity index (χ1n) is 12.4. The molecule has 1 saturated heterocycles. The minimum absolute atomic E-state index is 0.0737. The second kappa shape index (κ2) is 13.5. The van der Waals surface area contributed by atoms with Crippen LogP contribution in [0.2, 0.25) is 0 Å². The first-order valence-corrected chi connectivity index (χ1v) is 12.4. The Bertz CT molecular complexity index is 1210. The number of hydrogen-bond acceptors (Lipinski definition) is 6. The molecule has 1 aliphatic rings. The number of carbonyl (C=O) groups is 2. The molecule has 2 N–H and O–H groups in total. The highest BCUT2D eigenvalue weighted by atomic mass is 16.8. The largest absolute Gasteiger partial charge is 0.488 e. The molecule has 0 aliphatic carbocycles. The number of fused-ring (bicyclic) bond motifs is 1. The molecule has 1 unspecified atom stereocenters. The molecule has 0 aromatic heterocycles.